The highest BCUT2D eigenvalue weighted by atomic mass is 32.2. The van der Waals surface area contributed by atoms with Gasteiger partial charge in [-0.15, -0.1) is 0 Å². The molecule has 0 aliphatic carbocycles. The van der Waals surface area contributed by atoms with Crippen LogP contribution in [0.15, 0.2) is 12.4 Å². The van der Waals surface area contributed by atoms with Gasteiger partial charge in [-0.2, -0.15) is 12.3 Å². The molecule has 1 aliphatic rings. The number of hydrogen-bond donors (Lipinski definition) is 1. The molecule has 0 aromatic heterocycles. The number of nitrogens with zero attached hydrogens (tertiary/aromatic N) is 1. The molecule has 0 aromatic carbocycles. The molecule has 1 saturated heterocycles. The maximum Gasteiger partial charge on any atom is 0.300 e. The van der Waals surface area contributed by atoms with Gasteiger partial charge in [0.2, 0.25) is 5.82 Å². The molecule has 76 valence electrons. The fourth-order valence-electron chi connectivity index (χ4n) is 1.85. The summed E-state index contributed by atoms with van der Waals surface area (Å²) in [4.78, 5) is 0. The maximum absolute atomic E-state index is 11.6. The summed E-state index contributed by atoms with van der Waals surface area (Å²) in [5.41, 5.74) is 5.59. The van der Waals surface area contributed by atoms with Crippen molar-refractivity contribution in [2.24, 2.45) is 5.73 Å². The van der Waals surface area contributed by atoms with Crippen molar-refractivity contribution in [3.8, 4) is 0 Å². The number of nitrogens with two attached hydrogens (primary N) is 1. The topological polar surface area (TPSA) is 60.2 Å². The first-order chi connectivity index (χ1) is 5.90. The lowest BCUT2D eigenvalue weighted by Crippen LogP contribution is -2.55. The van der Waals surface area contributed by atoms with Crippen molar-refractivity contribution in [2.45, 2.75) is 19.3 Å². The zero-order chi connectivity index (χ0) is 10.1. The van der Waals surface area contributed by atoms with Crippen LogP contribution in [0.1, 0.15) is 19.3 Å². The van der Waals surface area contributed by atoms with Gasteiger partial charge in [0.15, 0.2) is 0 Å². The Labute approximate surface area is 79.7 Å². The molecule has 2 N–H and O–H groups in total. The van der Waals surface area contributed by atoms with Crippen molar-refractivity contribution in [3.05, 3.63) is 12.4 Å². The number of hydrogen-bond acceptors (Lipinski definition) is 3. The van der Waals surface area contributed by atoms with E-state index < -0.39 is 10.0 Å². The van der Waals surface area contributed by atoms with Crippen molar-refractivity contribution >= 4 is 10.0 Å². The van der Waals surface area contributed by atoms with Crippen LogP contribution >= 0.6 is 0 Å². The predicted octanol–water partition coefficient (Wildman–Crippen LogP) is 0.377. The van der Waals surface area contributed by atoms with Gasteiger partial charge in [0.05, 0.1) is 19.3 Å². The molecule has 1 heterocycles. The Kier molecular flexibility index (Phi) is 2.68. The van der Waals surface area contributed by atoms with Crippen LogP contribution in [0.3, 0.4) is 0 Å². The number of sulfonamides is 1. The second-order valence-corrected chi connectivity index (χ2v) is 5.79. The van der Waals surface area contributed by atoms with Crippen molar-refractivity contribution in [1.82, 2.24) is 0 Å². The lowest BCUT2D eigenvalue weighted by Gasteiger charge is -2.37. The van der Waals surface area contributed by atoms with Gasteiger partial charge in [-0.1, -0.05) is 0 Å². The standard InChI is InChI=1S/C8H17N2O2S/c1-8(9)10(13(2,11)12)6-4-3-5-7-10/h1,3-7,9H2,2H3/q+1. The lowest BCUT2D eigenvalue weighted by atomic mass is 10.1. The fraction of sp³-hybridized carbons (Fsp3) is 0.750. The quantitative estimate of drug-likeness (QED) is 0.663. The Morgan fingerprint density at radius 2 is 1.77 bits per heavy atom. The summed E-state index contributed by atoms with van der Waals surface area (Å²) >= 11 is 0. The average Bonchev–Trinajstić information content (AvgIpc) is 2.03. The third-order valence-electron chi connectivity index (χ3n) is 2.70. The summed E-state index contributed by atoms with van der Waals surface area (Å²) in [7, 11) is -3.17. The molecule has 1 fully saturated rings. The van der Waals surface area contributed by atoms with Crippen LogP contribution in [-0.4, -0.2) is 31.7 Å². The summed E-state index contributed by atoms with van der Waals surface area (Å²) in [6.45, 7) is 4.74. The smallest absolute Gasteiger partial charge is 0.300 e. The Morgan fingerprint density at radius 1 is 1.31 bits per heavy atom. The molecule has 0 aromatic rings. The average molecular weight is 205 g/mol. The molecule has 0 amide bonds. The monoisotopic (exact) mass is 205 g/mol. The van der Waals surface area contributed by atoms with Crippen LogP contribution < -0.4 is 5.73 Å². The highest BCUT2D eigenvalue weighted by Gasteiger charge is 2.41. The van der Waals surface area contributed by atoms with Gasteiger partial charge in [0.25, 0.3) is 10.0 Å². The maximum atomic E-state index is 11.6. The first-order valence-electron chi connectivity index (χ1n) is 4.42. The van der Waals surface area contributed by atoms with Crippen LogP contribution in [0.5, 0.6) is 0 Å². The molecule has 1 rings (SSSR count). The van der Waals surface area contributed by atoms with E-state index in [1.807, 2.05) is 0 Å². The van der Waals surface area contributed by atoms with Gasteiger partial charge in [0.1, 0.15) is 0 Å². The molecule has 1 aliphatic heterocycles. The van der Waals surface area contributed by atoms with Crippen molar-refractivity contribution in [1.29, 1.82) is 0 Å². The van der Waals surface area contributed by atoms with E-state index >= 15 is 0 Å². The summed E-state index contributed by atoms with van der Waals surface area (Å²) in [6, 6.07) is 0. The zero-order valence-electron chi connectivity index (χ0n) is 7.99. The number of piperidine rings is 1. The van der Waals surface area contributed by atoms with E-state index in [1.165, 1.54) is 6.26 Å². The summed E-state index contributed by atoms with van der Waals surface area (Å²) in [5.74, 6) is 0.252. The zero-order valence-corrected chi connectivity index (χ0v) is 8.81. The second-order valence-electron chi connectivity index (χ2n) is 3.62. The second kappa shape index (κ2) is 3.31. The Hall–Kier alpha value is -0.550. The molecular formula is C8H17N2O2S+. The molecule has 0 saturated carbocycles. The van der Waals surface area contributed by atoms with E-state index in [0.29, 0.717) is 13.1 Å². The van der Waals surface area contributed by atoms with Gasteiger partial charge >= 0.3 is 0 Å². The molecule has 0 radical (unpaired) electrons. The molecule has 5 heteroatoms. The fourth-order valence-corrected chi connectivity index (χ4v) is 3.20. The van der Waals surface area contributed by atoms with Crippen LogP contribution in [0.2, 0.25) is 0 Å². The minimum absolute atomic E-state index is 0.118. The summed E-state index contributed by atoms with van der Waals surface area (Å²) < 4.78 is 23.0. The van der Waals surface area contributed by atoms with Gasteiger partial charge in [-0.05, 0) is 25.8 Å². The van der Waals surface area contributed by atoms with Crippen LogP contribution in [0, 0.1) is 0 Å². The van der Waals surface area contributed by atoms with Gasteiger partial charge in [-0.3, -0.25) is 0 Å². The minimum atomic E-state index is -3.17. The van der Waals surface area contributed by atoms with E-state index in [2.05, 4.69) is 6.58 Å². The summed E-state index contributed by atoms with van der Waals surface area (Å²) in [5, 5.41) is 0. The normalized spacial score (nSPS) is 22.5. The molecule has 0 bridgehead atoms. The Balaban J connectivity index is 3.07. The Morgan fingerprint density at radius 3 is 2.00 bits per heavy atom. The molecule has 13 heavy (non-hydrogen) atoms. The molecule has 0 spiro atoms. The highest BCUT2D eigenvalue weighted by Crippen LogP contribution is 2.26. The third kappa shape index (κ3) is 1.71. The number of quaternary nitrogens is 1. The first kappa shape index (κ1) is 10.5. The first-order valence-corrected chi connectivity index (χ1v) is 6.27. The number of rotatable bonds is 2. The Bertz CT molecular complexity index is 302. The third-order valence-corrected chi connectivity index (χ3v) is 4.57. The van der Waals surface area contributed by atoms with Crippen LogP contribution in [0.4, 0.5) is 0 Å². The van der Waals surface area contributed by atoms with Crippen molar-refractivity contribution in [3.63, 3.8) is 0 Å². The van der Waals surface area contributed by atoms with Gasteiger partial charge in [0, 0.05) is 0 Å². The minimum Gasteiger partial charge on any atom is -0.354 e. The molecular weight excluding hydrogens is 188 g/mol. The SMILES string of the molecule is C=C(N)[N+]1(S(C)(=O)=O)CCCCC1. The van der Waals surface area contributed by atoms with E-state index in [-0.39, 0.29) is 9.71 Å². The predicted molar refractivity (Wildman–Crippen MR) is 52.0 cm³/mol. The van der Waals surface area contributed by atoms with Crippen molar-refractivity contribution < 1.29 is 12.3 Å². The van der Waals surface area contributed by atoms with Gasteiger partial charge < -0.3 is 5.73 Å². The van der Waals surface area contributed by atoms with E-state index in [1.54, 1.807) is 0 Å². The van der Waals surface area contributed by atoms with E-state index in [9.17, 15) is 8.42 Å². The van der Waals surface area contributed by atoms with Crippen LogP contribution in [-0.2, 0) is 10.0 Å². The van der Waals surface area contributed by atoms with Gasteiger partial charge in [-0.25, -0.2) is 0 Å². The van der Waals surface area contributed by atoms with Crippen LogP contribution in [0.25, 0.3) is 0 Å². The largest absolute Gasteiger partial charge is 0.354 e. The summed E-state index contributed by atoms with van der Waals surface area (Å²) in [6.07, 6.45) is 4.13. The highest BCUT2D eigenvalue weighted by molar-refractivity contribution is 7.85. The molecule has 0 atom stereocenters. The molecule has 0 unspecified atom stereocenters. The van der Waals surface area contributed by atoms with E-state index in [4.69, 9.17) is 5.73 Å². The lowest BCUT2D eigenvalue weighted by molar-refractivity contribution is -0.772. The van der Waals surface area contributed by atoms with E-state index in [0.717, 1.165) is 19.3 Å². The molecule has 4 nitrogen and oxygen atoms in total. The van der Waals surface area contributed by atoms with Crippen molar-refractivity contribution in [2.75, 3.05) is 19.3 Å². The number of likely N-dealkylation sites (tertiary alicyclic amines) is 1.